The van der Waals surface area contributed by atoms with Crippen LogP contribution >= 0.6 is 11.6 Å². The van der Waals surface area contributed by atoms with Crippen LogP contribution in [0.25, 0.3) is 33.1 Å². The van der Waals surface area contributed by atoms with Gasteiger partial charge in [0.05, 0.1) is 0 Å². The topological polar surface area (TPSA) is 112 Å². The van der Waals surface area contributed by atoms with Crippen LogP contribution in [0.3, 0.4) is 0 Å². The summed E-state index contributed by atoms with van der Waals surface area (Å²) in [7, 11) is -7.69. The van der Waals surface area contributed by atoms with Crippen LogP contribution in [-0.4, -0.2) is 29.3 Å². The molecule has 0 atom stereocenters. The number of furan rings is 1. The fourth-order valence-electron chi connectivity index (χ4n) is 3.25. The number of benzene rings is 2. The first-order chi connectivity index (χ1) is 13.5. The Labute approximate surface area is 170 Å². The zero-order valence-electron chi connectivity index (χ0n) is 15.1. The summed E-state index contributed by atoms with van der Waals surface area (Å²) in [5, 5.41) is 0.621. The summed E-state index contributed by atoms with van der Waals surface area (Å²) in [6, 6.07) is 9.30. The number of hydrogen-bond donors (Lipinski definition) is 0. The van der Waals surface area contributed by atoms with Gasteiger partial charge in [0.15, 0.2) is 35.7 Å². The Bertz CT molecular complexity index is 1580. The maximum absolute atomic E-state index is 12.5. The van der Waals surface area contributed by atoms with E-state index in [1.807, 2.05) is 0 Å². The van der Waals surface area contributed by atoms with E-state index >= 15 is 0 Å². The van der Waals surface area contributed by atoms with Gasteiger partial charge < -0.3 is 8.83 Å². The molecule has 2 aromatic carbocycles. The molecule has 0 aliphatic rings. The first-order valence-electron chi connectivity index (χ1n) is 8.15. The molecule has 0 radical (unpaired) electrons. The molecule has 0 spiro atoms. The maximum Gasteiger partial charge on any atom is 0.336 e. The van der Waals surface area contributed by atoms with Gasteiger partial charge in [-0.3, -0.25) is 0 Å². The lowest BCUT2D eigenvalue weighted by Gasteiger charge is -2.11. The molecular formula is C19H13ClO7S2. The molecule has 0 bridgehead atoms. The zero-order valence-corrected chi connectivity index (χ0v) is 17.5. The van der Waals surface area contributed by atoms with Gasteiger partial charge in [0.25, 0.3) is 0 Å². The monoisotopic (exact) mass is 452 g/mol. The van der Waals surface area contributed by atoms with E-state index in [0.29, 0.717) is 16.1 Å². The van der Waals surface area contributed by atoms with Crippen LogP contribution in [0.15, 0.2) is 66.1 Å². The van der Waals surface area contributed by atoms with Crippen LogP contribution in [0.5, 0.6) is 0 Å². The molecule has 0 unspecified atom stereocenters. The third kappa shape index (κ3) is 3.25. The maximum atomic E-state index is 12.5. The van der Waals surface area contributed by atoms with Gasteiger partial charge in [0, 0.05) is 45.5 Å². The third-order valence-corrected chi connectivity index (χ3v) is 6.99. The van der Waals surface area contributed by atoms with E-state index in [2.05, 4.69) is 0 Å². The van der Waals surface area contributed by atoms with E-state index in [4.69, 9.17) is 20.4 Å². The first kappa shape index (κ1) is 19.7. The molecule has 0 fully saturated rings. The van der Waals surface area contributed by atoms with Crippen molar-refractivity contribution >= 4 is 53.2 Å². The van der Waals surface area contributed by atoms with E-state index in [1.54, 1.807) is 24.3 Å². The quantitative estimate of drug-likeness (QED) is 0.436. The predicted octanol–water partition coefficient (Wildman–Crippen LogP) is 3.67. The summed E-state index contributed by atoms with van der Waals surface area (Å²) in [6.45, 7) is 0. The van der Waals surface area contributed by atoms with E-state index < -0.39 is 30.2 Å². The molecule has 0 saturated heterocycles. The van der Waals surface area contributed by atoms with Crippen LogP contribution < -0.4 is 5.63 Å². The molecule has 29 heavy (non-hydrogen) atoms. The molecule has 0 aliphatic heterocycles. The SMILES string of the molecule is CS(=O)(=O)c1coc2c(S(C)(=O)=O)c3oc(=O)cc(-c4ccccc4Cl)c3cc12. The Morgan fingerprint density at radius 2 is 1.55 bits per heavy atom. The number of rotatable bonds is 3. The van der Waals surface area contributed by atoms with Crippen LogP contribution in [0.1, 0.15) is 0 Å². The van der Waals surface area contributed by atoms with Crippen molar-refractivity contribution in [3.63, 3.8) is 0 Å². The van der Waals surface area contributed by atoms with Gasteiger partial charge in [-0.2, -0.15) is 0 Å². The summed E-state index contributed by atoms with van der Waals surface area (Å²) in [5.41, 5.74) is -0.423. The van der Waals surface area contributed by atoms with Crippen molar-refractivity contribution in [2.24, 2.45) is 0 Å². The Morgan fingerprint density at radius 3 is 2.17 bits per heavy atom. The molecule has 0 N–H and O–H groups in total. The average Bonchev–Trinajstić information content (AvgIpc) is 3.02. The van der Waals surface area contributed by atoms with Gasteiger partial charge in [-0.15, -0.1) is 0 Å². The van der Waals surface area contributed by atoms with Gasteiger partial charge >= 0.3 is 5.63 Å². The lowest BCUT2D eigenvalue weighted by Crippen LogP contribution is -2.05. The van der Waals surface area contributed by atoms with Crippen LogP contribution in [0.2, 0.25) is 5.02 Å². The van der Waals surface area contributed by atoms with E-state index in [1.165, 1.54) is 12.1 Å². The lowest BCUT2D eigenvalue weighted by atomic mass is 10.0. The average molecular weight is 453 g/mol. The molecule has 2 heterocycles. The standard InChI is InChI=1S/C19H13ClO7S2/c1-28(22,23)15-9-26-17-13(15)7-12-11(10-5-3-4-6-14(10)20)8-16(21)27-18(12)19(17)29(2,24)25/h3-9H,1-2H3. The van der Waals surface area contributed by atoms with Crippen LogP contribution in [0, 0.1) is 0 Å². The molecule has 4 rings (SSSR count). The molecule has 0 amide bonds. The van der Waals surface area contributed by atoms with Gasteiger partial charge in [-0.05, 0) is 12.1 Å². The number of fused-ring (bicyclic) bond motifs is 2. The van der Waals surface area contributed by atoms with Crippen LogP contribution in [0.4, 0.5) is 0 Å². The largest absolute Gasteiger partial charge is 0.461 e. The molecule has 0 aliphatic carbocycles. The Morgan fingerprint density at radius 1 is 0.862 bits per heavy atom. The number of sulfone groups is 2. The fourth-order valence-corrected chi connectivity index (χ4v) is 5.25. The number of halogens is 1. The van der Waals surface area contributed by atoms with Gasteiger partial charge in [0.1, 0.15) is 11.2 Å². The zero-order chi connectivity index (χ0) is 21.1. The second-order valence-electron chi connectivity index (χ2n) is 6.56. The highest BCUT2D eigenvalue weighted by atomic mass is 35.5. The summed E-state index contributed by atoms with van der Waals surface area (Å²) in [6.07, 6.45) is 2.88. The molecule has 4 aromatic rings. The third-order valence-electron chi connectivity index (χ3n) is 4.43. The summed E-state index contributed by atoms with van der Waals surface area (Å²) >= 11 is 6.28. The van der Waals surface area contributed by atoms with E-state index in [0.717, 1.165) is 18.8 Å². The van der Waals surface area contributed by atoms with Crippen molar-refractivity contribution in [2.75, 3.05) is 12.5 Å². The smallest absolute Gasteiger partial charge is 0.336 e. The highest BCUT2D eigenvalue weighted by Gasteiger charge is 2.28. The van der Waals surface area contributed by atoms with Gasteiger partial charge in [0.2, 0.25) is 0 Å². The summed E-state index contributed by atoms with van der Waals surface area (Å²) < 4.78 is 60.0. The van der Waals surface area contributed by atoms with Gasteiger partial charge in [-0.25, -0.2) is 21.6 Å². The van der Waals surface area contributed by atoms with Gasteiger partial charge in [-0.1, -0.05) is 29.8 Å². The number of hydrogen-bond acceptors (Lipinski definition) is 7. The van der Waals surface area contributed by atoms with Crippen molar-refractivity contribution in [3.05, 3.63) is 58.1 Å². The summed E-state index contributed by atoms with van der Waals surface area (Å²) in [4.78, 5) is 11.7. The van der Waals surface area contributed by atoms with Crippen molar-refractivity contribution in [1.82, 2.24) is 0 Å². The second-order valence-corrected chi connectivity index (χ2v) is 10.9. The molecule has 2 aromatic heterocycles. The minimum Gasteiger partial charge on any atom is -0.461 e. The Kier molecular flexibility index (Phi) is 4.38. The molecule has 0 saturated carbocycles. The van der Waals surface area contributed by atoms with Crippen molar-refractivity contribution in [2.45, 2.75) is 9.79 Å². The summed E-state index contributed by atoms with van der Waals surface area (Å²) in [5.74, 6) is 0. The van der Waals surface area contributed by atoms with Crippen molar-refractivity contribution in [3.8, 4) is 11.1 Å². The van der Waals surface area contributed by atoms with Crippen LogP contribution in [-0.2, 0) is 19.7 Å². The molecular weight excluding hydrogens is 440 g/mol. The van der Waals surface area contributed by atoms with Crippen molar-refractivity contribution < 1.29 is 25.7 Å². The highest BCUT2D eigenvalue weighted by molar-refractivity contribution is 7.91. The van der Waals surface area contributed by atoms with E-state index in [-0.39, 0.29) is 26.8 Å². The second kappa shape index (κ2) is 6.45. The lowest BCUT2D eigenvalue weighted by molar-refractivity contribution is 0.544. The highest BCUT2D eigenvalue weighted by Crippen LogP contribution is 2.40. The fraction of sp³-hybridized carbons (Fsp3) is 0.105. The minimum atomic E-state index is -3.97. The Balaban J connectivity index is 2.33. The molecule has 150 valence electrons. The van der Waals surface area contributed by atoms with Crippen molar-refractivity contribution in [1.29, 1.82) is 0 Å². The molecule has 10 heteroatoms. The Hall–Kier alpha value is -2.62. The van der Waals surface area contributed by atoms with E-state index in [9.17, 15) is 21.6 Å². The first-order valence-corrected chi connectivity index (χ1v) is 12.3. The molecule has 7 nitrogen and oxygen atoms in total. The predicted molar refractivity (Wildman–Crippen MR) is 109 cm³/mol. The normalized spacial score (nSPS) is 12.7. The minimum absolute atomic E-state index is 0.0718.